The van der Waals surface area contributed by atoms with E-state index in [0.29, 0.717) is 10.8 Å². The maximum absolute atomic E-state index is 11.3. The van der Waals surface area contributed by atoms with Gasteiger partial charge in [-0.15, -0.1) is 5.10 Å². The third-order valence-electron chi connectivity index (χ3n) is 2.49. The van der Waals surface area contributed by atoms with Crippen LogP contribution in [0.1, 0.15) is 5.56 Å². The van der Waals surface area contributed by atoms with Gasteiger partial charge in [-0.3, -0.25) is 4.79 Å². The highest BCUT2D eigenvalue weighted by Crippen LogP contribution is 2.29. The van der Waals surface area contributed by atoms with E-state index in [0.717, 1.165) is 27.8 Å². The average molecular weight is 289 g/mol. The molecule has 1 amide bonds. The van der Waals surface area contributed by atoms with Crippen molar-refractivity contribution in [2.24, 2.45) is 0 Å². The minimum absolute atomic E-state index is 0.157. The highest BCUT2D eigenvalue weighted by atomic mass is 32.2. The van der Waals surface area contributed by atoms with Crippen molar-refractivity contribution in [2.45, 2.75) is 0 Å². The molecule has 0 spiro atoms. The first-order chi connectivity index (χ1) is 9.24. The van der Waals surface area contributed by atoms with Crippen molar-refractivity contribution in [3.8, 4) is 11.4 Å². The molecule has 1 saturated heterocycles. The summed E-state index contributed by atoms with van der Waals surface area (Å²) >= 11 is 6.17. The predicted octanol–water partition coefficient (Wildman–Crippen LogP) is 1.99. The molecule has 0 radical (unpaired) electrons. The Hall–Kier alpha value is -2.06. The number of benzene rings is 1. The monoisotopic (exact) mass is 289 g/mol. The molecule has 0 unspecified atom stereocenters. The summed E-state index contributed by atoms with van der Waals surface area (Å²) < 4.78 is 0. The Balaban J connectivity index is 2.05. The van der Waals surface area contributed by atoms with Crippen molar-refractivity contribution in [1.82, 2.24) is 25.9 Å². The zero-order valence-electron chi connectivity index (χ0n) is 9.45. The number of H-pyrrole nitrogens is 1. The van der Waals surface area contributed by atoms with E-state index in [-0.39, 0.29) is 5.24 Å². The van der Waals surface area contributed by atoms with Gasteiger partial charge in [-0.1, -0.05) is 36.5 Å². The second-order valence-corrected chi connectivity index (χ2v) is 5.11. The summed E-state index contributed by atoms with van der Waals surface area (Å²) in [5.41, 5.74) is 1.74. The molecule has 0 aliphatic carbocycles. The number of tetrazole rings is 1. The number of nitrogens with one attached hydrogen (secondary N) is 2. The van der Waals surface area contributed by atoms with Gasteiger partial charge >= 0.3 is 0 Å². The first-order valence-electron chi connectivity index (χ1n) is 5.32. The van der Waals surface area contributed by atoms with Crippen LogP contribution in [0.25, 0.3) is 17.5 Å². The van der Waals surface area contributed by atoms with Gasteiger partial charge in [-0.25, -0.2) is 5.10 Å². The minimum atomic E-state index is -0.157. The van der Waals surface area contributed by atoms with Crippen molar-refractivity contribution < 1.29 is 4.79 Å². The van der Waals surface area contributed by atoms with Crippen LogP contribution in [0, 0.1) is 0 Å². The molecule has 1 aromatic carbocycles. The summed E-state index contributed by atoms with van der Waals surface area (Å²) in [4.78, 5) is 12.4. The Morgan fingerprint density at radius 3 is 2.84 bits per heavy atom. The fourth-order valence-electron chi connectivity index (χ4n) is 1.67. The maximum atomic E-state index is 11.3. The van der Waals surface area contributed by atoms with E-state index in [1.54, 1.807) is 0 Å². The van der Waals surface area contributed by atoms with E-state index in [2.05, 4.69) is 25.9 Å². The quantitative estimate of drug-likeness (QED) is 0.650. The van der Waals surface area contributed by atoms with Crippen LogP contribution < -0.4 is 5.32 Å². The van der Waals surface area contributed by atoms with Gasteiger partial charge in [-0.2, -0.15) is 0 Å². The Morgan fingerprint density at radius 1 is 1.32 bits per heavy atom. The highest BCUT2D eigenvalue weighted by Gasteiger charge is 2.22. The largest absolute Gasteiger partial charge is 0.307 e. The molecule has 2 aromatic rings. The van der Waals surface area contributed by atoms with Crippen molar-refractivity contribution in [1.29, 1.82) is 0 Å². The maximum Gasteiger partial charge on any atom is 0.289 e. The van der Waals surface area contributed by atoms with Crippen LogP contribution in [-0.2, 0) is 0 Å². The molecule has 94 valence electrons. The molecule has 1 aromatic heterocycles. The summed E-state index contributed by atoms with van der Waals surface area (Å²) in [6.45, 7) is 0. The van der Waals surface area contributed by atoms with Crippen LogP contribution in [0.4, 0.5) is 4.79 Å². The standard InChI is InChI=1S/C11H7N5OS2/c17-11-12-10(18)8(19-11)5-6-3-1-2-4-7(6)9-13-15-16-14-9/h1-5H,(H,12,17,18)(H,13,14,15,16)/b8-5+. The second kappa shape index (κ2) is 4.90. The molecular weight excluding hydrogens is 282 g/mol. The molecule has 1 aliphatic rings. The summed E-state index contributed by atoms with van der Waals surface area (Å²) in [6, 6.07) is 7.60. The number of carbonyl (C=O) groups is 1. The van der Waals surface area contributed by atoms with Gasteiger partial charge in [0.15, 0.2) is 5.82 Å². The molecule has 8 heteroatoms. The van der Waals surface area contributed by atoms with Crippen molar-refractivity contribution in [3.05, 3.63) is 34.7 Å². The topological polar surface area (TPSA) is 83.6 Å². The summed E-state index contributed by atoms with van der Waals surface area (Å²) in [5, 5.41) is 16.1. The van der Waals surface area contributed by atoms with Crippen LogP contribution in [-0.4, -0.2) is 30.9 Å². The zero-order valence-corrected chi connectivity index (χ0v) is 11.1. The van der Waals surface area contributed by atoms with Gasteiger partial charge in [0.25, 0.3) is 5.24 Å². The molecule has 6 nitrogen and oxygen atoms in total. The molecule has 3 rings (SSSR count). The minimum Gasteiger partial charge on any atom is -0.307 e. The molecule has 2 N–H and O–H groups in total. The van der Waals surface area contributed by atoms with E-state index in [4.69, 9.17) is 12.2 Å². The molecule has 1 fully saturated rings. The van der Waals surface area contributed by atoms with Gasteiger partial charge in [0.2, 0.25) is 0 Å². The van der Waals surface area contributed by atoms with Crippen LogP contribution in [0.15, 0.2) is 29.2 Å². The summed E-state index contributed by atoms with van der Waals surface area (Å²) in [7, 11) is 0. The Kier molecular flexibility index (Phi) is 3.10. The van der Waals surface area contributed by atoms with Crippen LogP contribution >= 0.6 is 24.0 Å². The van der Waals surface area contributed by atoms with Crippen molar-refractivity contribution in [2.75, 3.05) is 0 Å². The number of thioether (sulfide) groups is 1. The summed E-state index contributed by atoms with van der Waals surface area (Å²) in [5.74, 6) is 0.570. The fourth-order valence-corrected chi connectivity index (χ4v) is 2.70. The Bertz CT molecular complexity index is 680. The predicted molar refractivity (Wildman–Crippen MR) is 76.3 cm³/mol. The first kappa shape index (κ1) is 12.0. The third kappa shape index (κ3) is 2.40. The van der Waals surface area contributed by atoms with Crippen LogP contribution in [0.2, 0.25) is 0 Å². The lowest BCUT2D eigenvalue weighted by atomic mass is 10.1. The van der Waals surface area contributed by atoms with Crippen molar-refractivity contribution >= 4 is 40.3 Å². The smallest absolute Gasteiger partial charge is 0.289 e. The molecule has 2 heterocycles. The number of hydrogen-bond acceptors (Lipinski definition) is 6. The molecule has 0 atom stereocenters. The third-order valence-corrected chi connectivity index (χ3v) is 3.77. The fraction of sp³-hybridized carbons (Fsp3) is 0. The number of hydrogen-bond donors (Lipinski definition) is 2. The molecule has 0 bridgehead atoms. The van der Waals surface area contributed by atoms with Crippen molar-refractivity contribution in [3.63, 3.8) is 0 Å². The molecule has 0 saturated carbocycles. The lowest BCUT2D eigenvalue weighted by Crippen LogP contribution is -2.15. The van der Waals surface area contributed by atoms with Crippen LogP contribution in [0.3, 0.4) is 0 Å². The molecule has 19 heavy (non-hydrogen) atoms. The van der Waals surface area contributed by atoms with Gasteiger partial charge in [0.05, 0.1) is 4.91 Å². The SMILES string of the molecule is O=C1NC(=S)/C(=C\c2ccccc2-c2nnn[nH]2)S1. The van der Waals surface area contributed by atoms with E-state index in [1.807, 2.05) is 30.3 Å². The number of thiocarbonyl (C=S) groups is 1. The number of rotatable bonds is 2. The lowest BCUT2D eigenvalue weighted by molar-refractivity contribution is 0.265. The van der Waals surface area contributed by atoms with Crippen LogP contribution in [0.5, 0.6) is 0 Å². The molecule has 1 aliphatic heterocycles. The summed E-state index contributed by atoms with van der Waals surface area (Å²) in [6.07, 6.45) is 1.85. The number of carbonyl (C=O) groups excluding carboxylic acids is 1. The Morgan fingerprint density at radius 2 is 2.16 bits per heavy atom. The van der Waals surface area contributed by atoms with E-state index in [9.17, 15) is 4.79 Å². The number of aromatic amines is 1. The van der Waals surface area contributed by atoms with Gasteiger partial charge in [0.1, 0.15) is 4.99 Å². The highest BCUT2D eigenvalue weighted by molar-refractivity contribution is 8.19. The van der Waals surface area contributed by atoms with E-state index >= 15 is 0 Å². The number of amides is 1. The van der Waals surface area contributed by atoms with Gasteiger partial charge in [-0.05, 0) is 33.8 Å². The van der Waals surface area contributed by atoms with E-state index in [1.165, 1.54) is 0 Å². The van der Waals surface area contributed by atoms with E-state index < -0.39 is 0 Å². The average Bonchev–Trinajstić information content (AvgIpc) is 3.01. The second-order valence-electron chi connectivity index (χ2n) is 3.69. The first-order valence-corrected chi connectivity index (χ1v) is 6.54. The molecular formula is C11H7N5OS2. The Labute approximate surface area is 117 Å². The lowest BCUT2D eigenvalue weighted by Gasteiger charge is -2.02. The number of aromatic nitrogens is 4. The van der Waals surface area contributed by atoms with Gasteiger partial charge < -0.3 is 5.32 Å². The van der Waals surface area contributed by atoms with Gasteiger partial charge in [0, 0.05) is 5.56 Å². The normalized spacial score (nSPS) is 16.9. The number of nitrogens with zero attached hydrogens (tertiary/aromatic N) is 3. The zero-order chi connectivity index (χ0) is 13.2.